The molecule has 6 nitrogen and oxygen atoms in total. The van der Waals surface area contributed by atoms with E-state index in [1.807, 2.05) is 24.4 Å². The van der Waals surface area contributed by atoms with Crippen LogP contribution in [-0.4, -0.2) is 42.8 Å². The number of pyridine rings is 1. The highest BCUT2D eigenvalue weighted by Gasteiger charge is 2.25. The number of hydrogen-bond donors (Lipinski definition) is 0. The number of carbonyl (C=O) groups is 1. The Morgan fingerprint density at radius 3 is 2.86 bits per heavy atom. The van der Waals surface area contributed by atoms with Gasteiger partial charge in [-0.1, -0.05) is 11.6 Å². The highest BCUT2D eigenvalue weighted by Crippen LogP contribution is 2.37. The molecule has 0 saturated carbocycles. The van der Waals surface area contributed by atoms with Crippen molar-refractivity contribution in [1.82, 2.24) is 9.88 Å². The van der Waals surface area contributed by atoms with Crippen LogP contribution in [0.1, 0.15) is 27.9 Å². The lowest BCUT2D eigenvalue weighted by Crippen LogP contribution is -2.21. The molecule has 2 aliphatic rings. The molecule has 4 rings (SSSR count). The summed E-state index contributed by atoms with van der Waals surface area (Å²) >= 11 is 6.40. The molecule has 28 heavy (non-hydrogen) atoms. The van der Waals surface area contributed by atoms with E-state index in [1.165, 1.54) is 13.3 Å². The molecule has 1 aromatic heterocycles. The van der Waals surface area contributed by atoms with Crippen LogP contribution in [0.15, 0.2) is 30.6 Å². The lowest BCUT2D eigenvalue weighted by atomic mass is 9.99. The van der Waals surface area contributed by atoms with Gasteiger partial charge in [-0.05, 0) is 48.6 Å². The summed E-state index contributed by atoms with van der Waals surface area (Å²) in [6, 6.07) is 5.68. The third-order valence-corrected chi connectivity index (χ3v) is 5.40. The van der Waals surface area contributed by atoms with Crippen LogP contribution in [-0.2, 0) is 17.7 Å². The van der Waals surface area contributed by atoms with Crippen molar-refractivity contribution in [1.29, 1.82) is 0 Å². The number of rotatable bonds is 5. The van der Waals surface area contributed by atoms with Crippen LogP contribution in [0.4, 0.5) is 0 Å². The molecule has 0 N–H and O–H groups in total. The van der Waals surface area contributed by atoms with Crippen LogP contribution < -0.4 is 9.47 Å². The summed E-state index contributed by atoms with van der Waals surface area (Å²) in [5, 5.41) is 0.706. The average molecular weight is 425 g/mol. The van der Waals surface area contributed by atoms with Crippen LogP contribution >= 0.6 is 24.0 Å². The van der Waals surface area contributed by atoms with E-state index in [0.717, 1.165) is 49.4 Å². The largest absolute Gasteiger partial charge is 0.465 e. The smallest absolute Gasteiger partial charge is 0.339 e. The molecule has 1 unspecified atom stereocenters. The van der Waals surface area contributed by atoms with E-state index in [9.17, 15) is 4.79 Å². The van der Waals surface area contributed by atoms with Gasteiger partial charge in [-0.25, -0.2) is 4.79 Å². The topological polar surface area (TPSA) is 60.9 Å². The van der Waals surface area contributed by atoms with E-state index in [0.29, 0.717) is 22.3 Å². The van der Waals surface area contributed by atoms with Gasteiger partial charge in [0.15, 0.2) is 11.5 Å². The number of likely N-dealkylation sites (tertiary alicyclic amines) is 1. The third kappa shape index (κ3) is 4.51. The number of esters is 1. The van der Waals surface area contributed by atoms with Gasteiger partial charge in [-0.15, -0.1) is 12.4 Å². The summed E-state index contributed by atoms with van der Waals surface area (Å²) in [5.74, 6) is 1.64. The summed E-state index contributed by atoms with van der Waals surface area (Å²) in [7, 11) is 1.38. The van der Waals surface area contributed by atoms with Crippen LogP contribution in [0.3, 0.4) is 0 Å². The predicted molar refractivity (Wildman–Crippen MR) is 107 cm³/mol. The van der Waals surface area contributed by atoms with Crippen molar-refractivity contribution >= 4 is 30.0 Å². The summed E-state index contributed by atoms with van der Waals surface area (Å²) < 4.78 is 15.6. The number of carbonyl (C=O) groups excluding carboxylic acids is 1. The first-order valence-electron chi connectivity index (χ1n) is 8.95. The summed E-state index contributed by atoms with van der Waals surface area (Å²) in [6.45, 7) is 3.03. The number of fused-ring (bicyclic) bond motifs is 1. The quantitative estimate of drug-likeness (QED) is 0.681. The monoisotopic (exact) mass is 424 g/mol. The predicted octanol–water partition coefficient (Wildman–Crippen LogP) is 3.74. The lowest BCUT2D eigenvalue weighted by Gasteiger charge is -2.17. The fourth-order valence-corrected chi connectivity index (χ4v) is 3.92. The number of nitrogens with zero attached hydrogens (tertiary/aromatic N) is 2. The summed E-state index contributed by atoms with van der Waals surface area (Å²) in [5.41, 5.74) is 2.61. The van der Waals surface area contributed by atoms with Gasteiger partial charge in [0, 0.05) is 36.6 Å². The van der Waals surface area contributed by atoms with Gasteiger partial charge in [0.05, 0.1) is 12.7 Å². The third-order valence-electron chi connectivity index (χ3n) is 5.05. The summed E-state index contributed by atoms with van der Waals surface area (Å²) in [6.07, 6.45) is 5.36. The van der Waals surface area contributed by atoms with Crippen molar-refractivity contribution in [3.05, 3.63) is 52.3 Å². The van der Waals surface area contributed by atoms with E-state index >= 15 is 0 Å². The van der Waals surface area contributed by atoms with E-state index in [2.05, 4.69) is 9.88 Å². The Labute approximate surface area is 175 Å². The van der Waals surface area contributed by atoms with Gasteiger partial charge in [0.1, 0.15) is 0 Å². The van der Waals surface area contributed by atoms with Crippen LogP contribution in [0.25, 0.3) is 0 Å². The van der Waals surface area contributed by atoms with Crippen molar-refractivity contribution in [2.75, 3.05) is 27.0 Å². The SMILES string of the molecule is COC(=O)c1cncc(CC2CCN(Cc3cc4c(cc3Cl)OCO4)C2)c1.Cl. The number of aromatic nitrogens is 1. The molecular weight excluding hydrogens is 403 g/mol. The first-order chi connectivity index (χ1) is 13.1. The van der Waals surface area contributed by atoms with Crippen LogP contribution in [0, 0.1) is 5.92 Å². The van der Waals surface area contributed by atoms with Gasteiger partial charge in [0.2, 0.25) is 6.79 Å². The fourth-order valence-electron chi connectivity index (χ4n) is 3.71. The maximum atomic E-state index is 11.7. The second-order valence-electron chi connectivity index (χ2n) is 6.96. The number of methoxy groups -OCH3 is 1. The van der Waals surface area contributed by atoms with Gasteiger partial charge < -0.3 is 14.2 Å². The second-order valence-corrected chi connectivity index (χ2v) is 7.37. The molecule has 2 aromatic rings. The second kappa shape index (κ2) is 8.99. The van der Waals surface area contributed by atoms with Crippen molar-refractivity contribution in [2.45, 2.75) is 19.4 Å². The first-order valence-corrected chi connectivity index (χ1v) is 9.33. The molecule has 1 saturated heterocycles. The highest BCUT2D eigenvalue weighted by atomic mass is 35.5. The van der Waals surface area contributed by atoms with Crippen LogP contribution in [0.2, 0.25) is 5.02 Å². The van der Waals surface area contributed by atoms with E-state index in [4.69, 9.17) is 25.8 Å². The average Bonchev–Trinajstić information content (AvgIpc) is 3.30. The zero-order valence-electron chi connectivity index (χ0n) is 15.5. The molecule has 2 aliphatic heterocycles. The zero-order chi connectivity index (χ0) is 18.8. The minimum Gasteiger partial charge on any atom is -0.465 e. The van der Waals surface area contributed by atoms with Crippen molar-refractivity contribution in [3.63, 3.8) is 0 Å². The Balaban J connectivity index is 0.00000225. The number of halogens is 2. The number of benzene rings is 1. The zero-order valence-corrected chi connectivity index (χ0v) is 17.1. The lowest BCUT2D eigenvalue weighted by molar-refractivity contribution is 0.0600. The number of ether oxygens (including phenoxy) is 3. The Morgan fingerprint density at radius 1 is 1.29 bits per heavy atom. The van der Waals surface area contributed by atoms with E-state index < -0.39 is 0 Å². The number of hydrogen-bond acceptors (Lipinski definition) is 6. The van der Waals surface area contributed by atoms with Gasteiger partial charge in [-0.2, -0.15) is 0 Å². The van der Waals surface area contributed by atoms with E-state index in [-0.39, 0.29) is 25.2 Å². The molecule has 8 heteroatoms. The molecular formula is C20H22Cl2N2O4. The molecule has 1 aromatic carbocycles. The molecule has 3 heterocycles. The standard InChI is InChI=1S/C20H21ClN2O4.ClH/c1-25-20(24)15-5-14(8-22-9-15)4-13-2-3-23(10-13)11-16-6-18-19(7-17(16)21)27-12-26-18;/h5-9,13H,2-4,10-12H2,1H3;1H. The maximum Gasteiger partial charge on any atom is 0.339 e. The van der Waals surface area contributed by atoms with Crippen molar-refractivity contribution in [2.24, 2.45) is 5.92 Å². The molecule has 0 amide bonds. The molecule has 0 radical (unpaired) electrons. The van der Waals surface area contributed by atoms with E-state index in [1.54, 1.807) is 0 Å². The fraction of sp³-hybridized carbons (Fsp3) is 0.400. The maximum absolute atomic E-state index is 11.7. The molecule has 0 bridgehead atoms. The van der Waals surface area contributed by atoms with Gasteiger partial charge in [-0.3, -0.25) is 9.88 Å². The molecule has 0 aliphatic carbocycles. The normalized spacial score (nSPS) is 18.0. The molecule has 1 fully saturated rings. The Morgan fingerprint density at radius 2 is 2.07 bits per heavy atom. The molecule has 0 spiro atoms. The van der Waals surface area contributed by atoms with Crippen LogP contribution in [0.5, 0.6) is 11.5 Å². The van der Waals surface area contributed by atoms with Crippen molar-refractivity contribution < 1.29 is 19.0 Å². The Bertz CT molecular complexity index is 862. The summed E-state index contributed by atoms with van der Waals surface area (Å²) in [4.78, 5) is 18.2. The highest BCUT2D eigenvalue weighted by molar-refractivity contribution is 6.31. The molecule has 150 valence electrons. The van der Waals surface area contributed by atoms with Crippen molar-refractivity contribution in [3.8, 4) is 11.5 Å². The minimum absolute atomic E-state index is 0. The minimum atomic E-state index is -0.352. The Hall–Kier alpha value is -2.02. The van der Waals surface area contributed by atoms with Gasteiger partial charge >= 0.3 is 5.97 Å². The molecule has 1 atom stereocenters. The first kappa shape index (κ1) is 20.7. The Kier molecular flexibility index (Phi) is 6.65. The van der Waals surface area contributed by atoms with Gasteiger partial charge in [0.25, 0.3) is 0 Å².